The van der Waals surface area contributed by atoms with E-state index in [2.05, 4.69) is 5.32 Å². The highest BCUT2D eigenvalue weighted by Gasteiger charge is 2.54. The van der Waals surface area contributed by atoms with E-state index in [1.807, 2.05) is 6.92 Å². The predicted octanol–water partition coefficient (Wildman–Crippen LogP) is 3.99. The molecule has 1 aliphatic heterocycles. The van der Waals surface area contributed by atoms with Crippen LogP contribution in [0.4, 0.5) is 23.7 Å². The number of hydrogen-bond acceptors (Lipinski definition) is 5. The third kappa shape index (κ3) is 3.46. The lowest BCUT2D eigenvalue weighted by molar-refractivity contribution is -0.313. The van der Waals surface area contributed by atoms with Crippen LogP contribution in [0.15, 0.2) is 12.1 Å². The van der Waals surface area contributed by atoms with Gasteiger partial charge in [0.05, 0.1) is 23.4 Å². The van der Waals surface area contributed by atoms with Crippen LogP contribution in [-0.4, -0.2) is 43.1 Å². The number of rotatable bonds is 5. The Kier molecular flexibility index (Phi) is 5.34. The second-order valence-corrected chi connectivity index (χ2v) is 5.48. The summed E-state index contributed by atoms with van der Waals surface area (Å²) in [5, 5.41) is 3.49. The molecule has 1 atom stereocenters. The van der Waals surface area contributed by atoms with Crippen molar-refractivity contribution in [3.8, 4) is 5.75 Å². The summed E-state index contributed by atoms with van der Waals surface area (Å²) < 4.78 is 49.8. The maximum atomic E-state index is 13.3. The summed E-state index contributed by atoms with van der Waals surface area (Å²) in [5.41, 5.74) is 0.523. The van der Waals surface area contributed by atoms with Gasteiger partial charge in [0.15, 0.2) is 0 Å². The normalized spacial score (nSPS) is 18.7. The fourth-order valence-corrected chi connectivity index (χ4v) is 2.54. The van der Waals surface area contributed by atoms with Gasteiger partial charge >= 0.3 is 12.4 Å². The average molecular weight is 368 g/mol. The van der Waals surface area contributed by atoms with E-state index in [0.717, 1.165) is 13.5 Å². The Hall–Kier alpha value is -1.87. The number of carbonyl (C=O) groups excluding carboxylic acids is 1. The molecule has 6 nitrogen and oxygen atoms in total. The van der Waals surface area contributed by atoms with Gasteiger partial charge < -0.3 is 14.8 Å². The second-order valence-electron chi connectivity index (χ2n) is 5.07. The van der Waals surface area contributed by atoms with E-state index in [1.54, 1.807) is 0 Å². The maximum Gasteiger partial charge on any atom is 0.481 e. The smallest absolute Gasteiger partial charge is 0.481 e. The van der Waals surface area contributed by atoms with E-state index in [9.17, 15) is 18.0 Å². The van der Waals surface area contributed by atoms with Crippen LogP contribution in [0.25, 0.3) is 0 Å². The number of nitrogens with zero attached hydrogens (tertiary/aromatic N) is 2. The largest absolute Gasteiger partial charge is 0.496 e. The van der Waals surface area contributed by atoms with Gasteiger partial charge in [-0.1, -0.05) is 23.5 Å². The minimum Gasteiger partial charge on any atom is -0.496 e. The minimum atomic E-state index is -4.82. The fraction of sp³-hybridized carbons (Fsp3) is 0.500. The van der Waals surface area contributed by atoms with Crippen molar-refractivity contribution >= 4 is 23.4 Å². The van der Waals surface area contributed by atoms with Crippen molar-refractivity contribution in [2.24, 2.45) is 0 Å². The summed E-state index contributed by atoms with van der Waals surface area (Å²) in [7, 11) is 2.29. The first-order valence-electron chi connectivity index (χ1n) is 7.12. The zero-order valence-electron chi connectivity index (χ0n) is 13.3. The third-order valence-corrected chi connectivity index (χ3v) is 3.75. The van der Waals surface area contributed by atoms with E-state index in [0.29, 0.717) is 17.2 Å². The van der Waals surface area contributed by atoms with Crippen LogP contribution in [0.2, 0.25) is 5.02 Å². The van der Waals surface area contributed by atoms with Crippen LogP contribution >= 0.6 is 11.6 Å². The number of halogens is 4. The van der Waals surface area contributed by atoms with Crippen LogP contribution in [0.3, 0.4) is 0 Å². The molecule has 1 aromatic carbocycles. The van der Waals surface area contributed by atoms with E-state index in [4.69, 9.17) is 21.1 Å². The molecule has 0 aliphatic carbocycles. The molecule has 1 fully saturated rings. The van der Waals surface area contributed by atoms with E-state index < -0.39 is 18.6 Å². The Morgan fingerprint density at radius 2 is 2.08 bits per heavy atom. The van der Waals surface area contributed by atoms with Crippen molar-refractivity contribution in [2.45, 2.75) is 25.9 Å². The minimum absolute atomic E-state index is 0.000395. The molecule has 1 N–H and O–H groups in total. The number of amides is 1. The number of carbonyl (C=O) groups is 1. The van der Waals surface area contributed by atoms with Crippen molar-refractivity contribution in [3.05, 3.63) is 22.7 Å². The number of ether oxygens (including phenoxy) is 2. The molecular formula is C14H17ClF3N3O3. The number of methoxy groups -OCH3 is 1. The van der Waals surface area contributed by atoms with Gasteiger partial charge in [-0.2, -0.15) is 13.2 Å². The van der Waals surface area contributed by atoms with Gasteiger partial charge in [0.25, 0.3) is 0 Å². The molecule has 1 saturated heterocycles. The average Bonchev–Trinajstić information content (AvgIpc) is 2.81. The Balaban J connectivity index is 2.46. The van der Waals surface area contributed by atoms with E-state index in [1.165, 1.54) is 19.2 Å². The molecule has 2 rings (SSSR count). The Morgan fingerprint density at radius 1 is 1.42 bits per heavy atom. The SMILES string of the molecule is CCCNc1cc(OC)c(C2OC(=O)N(C)N2C(F)(F)F)cc1Cl. The highest BCUT2D eigenvalue weighted by atomic mass is 35.5. The van der Waals surface area contributed by atoms with Crippen molar-refractivity contribution in [3.63, 3.8) is 0 Å². The van der Waals surface area contributed by atoms with Gasteiger partial charge in [0.2, 0.25) is 6.23 Å². The molecule has 0 spiro atoms. The Bertz CT molecular complexity index is 627. The lowest BCUT2D eigenvalue weighted by atomic mass is 10.1. The third-order valence-electron chi connectivity index (χ3n) is 3.43. The summed E-state index contributed by atoms with van der Waals surface area (Å²) in [6.45, 7) is 2.60. The number of nitrogens with one attached hydrogen (secondary N) is 1. The van der Waals surface area contributed by atoms with Crippen molar-refractivity contribution < 1.29 is 27.4 Å². The van der Waals surface area contributed by atoms with Gasteiger partial charge in [0, 0.05) is 19.7 Å². The Labute approximate surface area is 142 Å². The molecule has 10 heteroatoms. The molecular weight excluding hydrogens is 351 g/mol. The van der Waals surface area contributed by atoms with Crippen molar-refractivity contribution in [2.75, 3.05) is 26.0 Å². The summed E-state index contributed by atoms with van der Waals surface area (Å²) in [6, 6.07) is 2.78. The summed E-state index contributed by atoms with van der Waals surface area (Å²) in [5.74, 6) is 0.125. The van der Waals surface area contributed by atoms with Gasteiger partial charge in [-0.3, -0.25) is 0 Å². The second kappa shape index (κ2) is 6.94. The zero-order chi connectivity index (χ0) is 18.1. The summed E-state index contributed by atoms with van der Waals surface area (Å²) in [4.78, 5) is 11.6. The lowest BCUT2D eigenvalue weighted by Gasteiger charge is -2.28. The van der Waals surface area contributed by atoms with Gasteiger partial charge in [-0.25, -0.2) is 9.80 Å². The van der Waals surface area contributed by atoms with Crippen LogP contribution in [0.1, 0.15) is 25.1 Å². The van der Waals surface area contributed by atoms with Crippen LogP contribution in [0, 0.1) is 0 Å². The topological polar surface area (TPSA) is 54.0 Å². The standard InChI is InChI=1S/C14H17ClF3N3O3/c1-4-5-19-10-7-11(23-3)8(6-9(10)15)12-21(14(16,17)18)20(2)13(22)24-12/h6-7,12,19H,4-5H2,1-3H3. The highest BCUT2D eigenvalue weighted by Crippen LogP contribution is 2.44. The number of hydrazine groups is 1. The van der Waals surface area contributed by atoms with Gasteiger partial charge in [-0.15, -0.1) is 0 Å². The quantitative estimate of drug-likeness (QED) is 0.797. The van der Waals surface area contributed by atoms with Crippen molar-refractivity contribution in [1.82, 2.24) is 10.0 Å². The molecule has 1 aliphatic rings. The molecule has 1 amide bonds. The van der Waals surface area contributed by atoms with Crippen molar-refractivity contribution in [1.29, 1.82) is 0 Å². The zero-order valence-corrected chi connectivity index (χ0v) is 14.0. The van der Waals surface area contributed by atoms with Gasteiger partial charge in [0.1, 0.15) is 5.75 Å². The number of cyclic esters (lactones) is 1. The van der Waals surface area contributed by atoms with E-state index in [-0.39, 0.29) is 21.3 Å². The maximum absolute atomic E-state index is 13.3. The molecule has 134 valence electrons. The monoisotopic (exact) mass is 367 g/mol. The fourth-order valence-electron chi connectivity index (χ4n) is 2.30. The molecule has 0 radical (unpaired) electrons. The predicted molar refractivity (Wildman–Crippen MR) is 81.7 cm³/mol. The lowest BCUT2D eigenvalue weighted by Crippen LogP contribution is -2.46. The first-order valence-corrected chi connectivity index (χ1v) is 7.50. The molecule has 1 heterocycles. The molecule has 1 unspecified atom stereocenters. The molecule has 0 saturated carbocycles. The molecule has 1 aromatic rings. The van der Waals surface area contributed by atoms with Gasteiger partial charge in [-0.05, 0) is 12.5 Å². The van der Waals surface area contributed by atoms with E-state index >= 15 is 0 Å². The summed E-state index contributed by atoms with van der Waals surface area (Å²) >= 11 is 6.14. The first-order chi connectivity index (χ1) is 11.2. The van der Waals surface area contributed by atoms with Crippen LogP contribution in [0.5, 0.6) is 5.75 Å². The van der Waals surface area contributed by atoms with Crippen LogP contribution < -0.4 is 10.1 Å². The molecule has 24 heavy (non-hydrogen) atoms. The molecule has 0 aromatic heterocycles. The number of hydrogen-bond donors (Lipinski definition) is 1. The first kappa shape index (κ1) is 18.5. The number of alkyl halides is 3. The molecule has 0 bridgehead atoms. The number of benzene rings is 1. The Morgan fingerprint density at radius 3 is 2.62 bits per heavy atom. The highest BCUT2D eigenvalue weighted by molar-refractivity contribution is 6.33. The number of anilines is 1. The van der Waals surface area contributed by atoms with Crippen LogP contribution in [-0.2, 0) is 4.74 Å². The summed E-state index contributed by atoms with van der Waals surface area (Å²) in [6.07, 6.45) is -6.81.